The zero-order chi connectivity index (χ0) is 11.5. The maximum Gasteiger partial charge on any atom is 0.146 e. The van der Waals surface area contributed by atoms with Crippen molar-refractivity contribution in [3.05, 3.63) is 33.5 Å². The zero-order valence-corrected chi connectivity index (χ0v) is 10.6. The molecule has 0 aliphatic rings. The largest absolute Gasteiger partial charge is 0.320 e. The molecule has 0 fully saturated rings. The summed E-state index contributed by atoms with van der Waals surface area (Å²) in [5, 5.41) is 11.2. The van der Waals surface area contributed by atoms with Crippen molar-refractivity contribution in [1.29, 1.82) is 0 Å². The Hall–Kier alpha value is -1.20. The van der Waals surface area contributed by atoms with Crippen molar-refractivity contribution < 1.29 is 0 Å². The van der Waals surface area contributed by atoms with Gasteiger partial charge in [0, 0.05) is 23.3 Å². The van der Waals surface area contributed by atoms with Crippen LogP contribution in [0.5, 0.6) is 0 Å². The molecule has 2 aromatic rings. The third-order valence-electron chi connectivity index (χ3n) is 2.60. The molecule has 0 radical (unpaired) electrons. The second-order valence-electron chi connectivity index (χ2n) is 3.91. The highest BCUT2D eigenvalue weighted by Gasteiger charge is 2.03. The van der Waals surface area contributed by atoms with Crippen LogP contribution in [0.1, 0.15) is 21.1 Å². The summed E-state index contributed by atoms with van der Waals surface area (Å²) in [6.45, 7) is 5.96. The highest BCUT2D eigenvalue weighted by Crippen LogP contribution is 2.20. The van der Waals surface area contributed by atoms with Crippen LogP contribution in [-0.2, 0) is 20.1 Å². The van der Waals surface area contributed by atoms with Crippen molar-refractivity contribution >= 4 is 11.3 Å². The summed E-state index contributed by atoms with van der Waals surface area (Å²) in [4.78, 5) is 2.77. The lowest BCUT2D eigenvalue weighted by molar-refractivity contribution is 0.642. The van der Waals surface area contributed by atoms with E-state index >= 15 is 0 Å². The Morgan fingerprint density at radius 2 is 2.19 bits per heavy atom. The van der Waals surface area contributed by atoms with Crippen LogP contribution >= 0.6 is 11.3 Å². The molecule has 0 amide bonds. The maximum absolute atomic E-state index is 4.02. The SMILES string of the molecule is Cc1cc(CNCc2nncn2C)sc1C. The monoisotopic (exact) mass is 236 g/mol. The summed E-state index contributed by atoms with van der Waals surface area (Å²) in [5.74, 6) is 0.963. The Balaban J connectivity index is 1.87. The molecule has 0 saturated carbocycles. The van der Waals surface area contributed by atoms with Crippen molar-refractivity contribution in [3.63, 3.8) is 0 Å². The molecule has 1 N–H and O–H groups in total. The predicted molar refractivity (Wildman–Crippen MR) is 65.3 cm³/mol. The lowest BCUT2D eigenvalue weighted by atomic mass is 10.3. The summed E-state index contributed by atoms with van der Waals surface area (Å²) in [5.41, 5.74) is 1.38. The highest BCUT2D eigenvalue weighted by molar-refractivity contribution is 7.12. The molecule has 0 unspecified atom stereocenters. The number of nitrogens with one attached hydrogen (secondary N) is 1. The summed E-state index contributed by atoms with van der Waals surface area (Å²) in [6.07, 6.45) is 1.72. The number of rotatable bonds is 4. The number of aryl methyl sites for hydroxylation is 3. The Labute approximate surface area is 99.3 Å². The third kappa shape index (κ3) is 2.48. The van der Waals surface area contributed by atoms with E-state index in [-0.39, 0.29) is 0 Å². The molecular formula is C11H16N4S. The Morgan fingerprint density at radius 1 is 1.38 bits per heavy atom. The average Bonchev–Trinajstić information content (AvgIpc) is 2.76. The summed E-state index contributed by atoms with van der Waals surface area (Å²) in [7, 11) is 1.95. The van der Waals surface area contributed by atoms with E-state index in [1.54, 1.807) is 6.33 Å². The van der Waals surface area contributed by atoms with Gasteiger partial charge in [-0.15, -0.1) is 21.5 Å². The predicted octanol–water partition coefficient (Wildman–Crippen LogP) is 1.78. The molecule has 2 rings (SSSR count). The van der Waals surface area contributed by atoms with Gasteiger partial charge in [0.2, 0.25) is 0 Å². The number of hydrogen-bond donors (Lipinski definition) is 1. The van der Waals surface area contributed by atoms with Gasteiger partial charge in [-0.3, -0.25) is 0 Å². The van der Waals surface area contributed by atoms with Crippen LogP contribution in [0.2, 0.25) is 0 Å². The van der Waals surface area contributed by atoms with Gasteiger partial charge in [-0.2, -0.15) is 0 Å². The highest BCUT2D eigenvalue weighted by atomic mass is 32.1. The maximum atomic E-state index is 4.02. The summed E-state index contributed by atoms with van der Waals surface area (Å²) < 4.78 is 1.93. The molecule has 16 heavy (non-hydrogen) atoms. The second-order valence-corrected chi connectivity index (χ2v) is 5.25. The molecule has 0 spiro atoms. The molecule has 0 atom stereocenters. The minimum absolute atomic E-state index is 0.756. The van der Waals surface area contributed by atoms with E-state index in [0.29, 0.717) is 0 Å². The molecule has 0 aromatic carbocycles. The van der Waals surface area contributed by atoms with Gasteiger partial charge >= 0.3 is 0 Å². The molecular weight excluding hydrogens is 220 g/mol. The van der Waals surface area contributed by atoms with Crippen LogP contribution in [0.15, 0.2) is 12.4 Å². The number of aromatic nitrogens is 3. The first kappa shape index (κ1) is 11.3. The van der Waals surface area contributed by atoms with E-state index in [0.717, 1.165) is 18.9 Å². The average molecular weight is 236 g/mol. The smallest absolute Gasteiger partial charge is 0.146 e. The minimum atomic E-state index is 0.756. The van der Waals surface area contributed by atoms with Gasteiger partial charge in [0.05, 0.1) is 6.54 Å². The minimum Gasteiger partial charge on any atom is -0.320 e. The topological polar surface area (TPSA) is 42.7 Å². The van der Waals surface area contributed by atoms with Crippen molar-refractivity contribution in [2.45, 2.75) is 26.9 Å². The van der Waals surface area contributed by atoms with Crippen LogP contribution in [0.25, 0.3) is 0 Å². The Kier molecular flexibility index (Phi) is 3.36. The Bertz CT molecular complexity index is 453. The standard InChI is InChI=1S/C11H16N4S/c1-8-4-10(16-9(8)2)5-12-6-11-14-13-7-15(11)3/h4,7,12H,5-6H2,1-3H3. The lowest BCUT2D eigenvalue weighted by Crippen LogP contribution is -2.15. The van der Waals surface area contributed by atoms with Crippen molar-refractivity contribution in [1.82, 2.24) is 20.1 Å². The quantitative estimate of drug-likeness (QED) is 0.880. The second kappa shape index (κ2) is 4.76. The first-order valence-electron chi connectivity index (χ1n) is 5.26. The molecule has 86 valence electrons. The van der Waals surface area contributed by atoms with Crippen LogP contribution in [-0.4, -0.2) is 14.8 Å². The van der Waals surface area contributed by atoms with Gasteiger partial charge in [0.1, 0.15) is 12.2 Å². The van der Waals surface area contributed by atoms with E-state index in [4.69, 9.17) is 0 Å². The lowest BCUT2D eigenvalue weighted by Gasteiger charge is -2.01. The van der Waals surface area contributed by atoms with Crippen molar-refractivity contribution in [2.24, 2.45) is 7.05 Å². The molecule has 0 saturated heterocycles. The van der Waals surface area contributed by atoms with Crippen LogP contribution in [0.3, 0.4) is 0 Å². The zero-order valence-electron chi connectivity index (χ0n) is 9.82. The fourth-order valence-corrected chi connectivity index (χ4v) is 2.52. The normalized spacial score (nSPS) is 10.9. The van der Waals surface area contributed by atoms with E-state index in [9.17, 15) is 0 Å². The third-order valence-corrected chi connectivity index (χ3v) is 3.76. The molecule has 0 aliphatic heterocycles. The Morgan fingerprint density at radius 3 is 2.75 bits per heavy atom. The fraction of sp³-hybridized carbons (Fsp3) is 0.455. The van der Waals surface area contributed by atoms with E-state index < -0.39 is 0 Å². The summed E-state index contributed by atoms with van der Waals surface area (Å²) >= 11 is 1.85. The van der Waals surface area contributed by atoms with E-state index in [2.05, 4.69) is 35.4 Å². The number of thiophene rings is 1. The van der Waals surface area contributed by atoms with Gasteiger partial charge in [-0.05, 0) is 25.5 Å². The van der Waals surface area contributed by atoms with Gasteiger partial charge in [0.25, 0.3) is 0 Å². The summed E-state index contributed by atoms with van der Waals surface area (Å²) in [6, 6.07) is 2.24. The van der Waals surface area contributed by atoms with Crippen LogP contribution in [0.4, 0.5) is 0 Å². The first-order chi connectivity index (χ1) is 7.66. The van der Waals surface area contributed by atoms with E-state index in [1.165, 1.54) is 15.3 Å². The molecule has 0 bridgehead atoms. The molecule has 2 aromatic heterocycles. The molecule has 4 nitrogen and oxygen atoms in total. The first-order valence-corrected chi connectivity index (χ1v) is 6.08. The molecule has 2 heterocycles. The fourth-order valence-electron chi connectivity index (χ4n) is 1.50. The van der Waals surface area contributed by atoms with Gasteiger partial charge in [0.15, 0.2) is 0 Å². The van der Waals surface area contributed by atoms with Gasteiger partial charge in [-0.1, -0.05) is 0 Å². The van der Waals surface area contributed by atoms with Crippen LogP contribution in [0, 0.1) is 13.8 Å². The number of hydrogen-bond acceptors (Lipinski definition) is 4. The molecule has 0 aliphatic carbocycles. The van der Waals surface area contributed by atoms with Crippen LogP contribution < -0.4 is 5.32 Å². The van der Waals surface area contributed by atoms with Crippen molar-refractivity contribution in [3.8, 4) is 0 Å². The molecule has 5 heteroatoms. The van der Waals surface area contributed by atoms with E-state index in [1.807, 2.05) is 23.0 Å². The van der Waals surface area contributed by atoms with Gasteiger partial charge < -0.3 is 9.88 Å². The number of nitrogens with zero attached hydrogens (tertiary/aromatic N) is 3. The van der Waals surface area contributed by atoms with Gasteiger partial charge in [-0.25, -0.2) is 0 Å². The van der Waals surface area contributed by atoms with Crippen molar-refractivity contribution in [2.75, 3.05) is 0 Å².